The molecule has 3 aliphatic rings. The molecule has 2 aliphatic heterocycles. The van der Waals surface area contributed by atoms with Crippen LogP contribution in [0.4, 0.5) is 0 Å². The first-order chi connectivity index (χ1) is 20.6. The van der Waals surface area contributed by atoms with Gasteiger partial charge in [-0.25, -0.2) is 0 Å². The molecule has 0 radical (unpaired) electrons. The molecule has 6 aromatic rings. The van der Waals surface area contributed by atoms with Gasteiger partial charge in [0.25, 0.3) is 0 Å². The molecule has 9 rings (SSSR count). The van der Waals surface area contributed by atoms with Crippen molar-refractivity contribution >= 4 is 52.5 Å². The average Bonchev–Trinajstić information content (AvgIpc) is 3.37. The van der Waals surface area contributed by atoms with Gasteiger partial charge in [0.15, 0.2) is 0 Å². The molecule has 42 heavy (non-hydrogen) atoms. The monoisotopic (exact) mass is 556 g/mol. The molecule has 2 aromatic heterocycles. The minimum absolute atomic E-state index is 0.269. The fourth-order valence-electron chi connectivity index (χ4n) is 8.47. The zero-order valence-corrected chi connectivity index (χ0v) is 25.3. The lowest BCUT2D eigenvalue weighted by Gasteiger charge is -2.41. The standard InChI is InChI=1S/C38H33BN2Si/c1-42(2)36-16-9-10-27-22-25-17-19-28(41-34-14-5-3-11-29(34)30-12-4-6-15-35(30)41)24-32(25)39(38(27)36)31-20-18-26(23-37(31)42)33-13-7-8-21-40-33/h3,5,7-11,13-14,16-21,23-24H,4,6,12,15,22H2,1-2H3. The van der Waals surface area contributed by atoms with Crippen LogP contribution >= 0.6 is 0 Å². The predicted octanol–water partition coefficient (Wildman–Crippen LogP) is 5.13. The largest absolute Gasteiger partial charge is 0.313 e. The highest BCUT2D eigenvalue weighted by atomic mass is 28.3. The Morgan fingerprint density at radius 2 is 1.62 bits per heavy atom. The summed E-state index contributed by atoms with van der Waals surface area (Å²) in [5, 5.41) is 4.60. The van der Waals surface area contributed by atoms with Gasteiger partial charge in [0.2, 0.25) is 6.71 Å². The summed E-state index contributed by atoms with van der Waals surface area (Å²) >= 11 is 0. The lowest BCUT2D eigenvalue weighted by Crippen LogP contribution is -2.78. The first kappa shape index (κ1) is 24.5. The van der Waals surface area contributed by atoms with Crippen LogP contribution in [0.25, 0.3) is 27.8 Å². The molecule has 0 N–H and O–H groups in total. The summed E-state index contributed by atoms with van der Waals surface area (Å²) < 4.78 is 2.60. The van der Waals surface area contributed by atoms with Crippen molar-refractivity contribution < 1.29 is 0 Å². The predicted molar refractivity (Wildman–Crippen MR) is 180 cm³/mol. The van der Waals surface area contributed by atoms with Gasteiger partial charge in [-0.15, -0.1) is 0 Å². The smallest absolute Gasteiger partial charge is 0.241 e. The van der Waals surface area contributed by atoms with E-state index in [-0.39, 0.29) is 6.71 Å². The van der Waals surface area contributed by atoms with E-state index in [4.69, 9.17) is 4.98 Å². The molecular formula is C38H33BN2Si. The van der Waals surface area contributed by atoms with Crippen molar-refractivity contribution in [2.75, 3.05) is 0 Å². The van der Waals surface area contributed by atoms with E-state index < -0.39 is 8.07 Å². The molecule has 0 saturated carbocycles. The lowest BCUT2D eigenvalue weighted by molar-refractivity contribution is 0.667. The van der Waals surface area contributed by atoms with Crippen LogP contribution in [0.5, 0.6) is 0 Å². The molecule has 4 aromatic carbocycles. The third kappa shape index (κ3) is 3.36. The van der Waals surface area contributed by atoms with Crippen LogP contribution in [-0.4, -0.2) is 24.3 Å². The zero-order valence-electron chi connectivity index (χ0n) is 24.3. The molecule has 2 nitrogen and oxygen atoms in total. The van der Waals surface area contributed by atoms with Gasteiger partial charge in [-0.2, -0.15) is 0 Å². The highest BCUT2D eigenvalue weighted by Gasteiger charge is 2.44. The fourth-order valence-corrected chi connectivity index (χ4v) is 11.7. The Kier molecular flexibility index (Phi) is 5.20. The number of aryl methyl sites for hydroxylation is 1. The zero-order chi connectivity index (χ0) is 28.0. The summed E-state index contributed by atoms with van der Waals surface area (Å²) in [7, 11) is -1.93. The summed E-state index contributed by atoms with van der Waals surface area (Å²) in [5.41, 5.74) is 15.6. The number of nitrogens with zero attached hydrogens (tertiary/aromatic N) is 2. The van der Waals surface area contributed by atoms with Gasteiger partial charge in [0, 0.05) is 23.0 Å². The van der Waals surface area contributed by atoms with Crippen LogP contribution in [0.3, 0.4) is 0 Å². The van der Waals surface area contributed by atoms with E-state index in [2.05, 4.69) is 109 Å². The van der Waals surface area contributed by atoms with Gasteiger partial charge in [-0.1, -0.05) is 107 Å². The summed E-state index contributed by atoms with van der Waals surface area (Å²) in [6, 6.07) is 37.0. The maximum atomic E-state index is 4.70. The van der Waals surface area contributed by atoms with Crippen LogP contribution in [-0.2, 0) is 19.3 Å². The Bertz CT molecular complexity index is 2060. The second-order valence-electron chi connectivity index (χ2n) is 13.0. The summed E-state index contributed by atoms with van der Waals surface area (Å²) in [5.74, 6) is 0. The van der Waals surface area contributed by atoms with E-state index in [1.807, 2.05) is 12.3 Å². The number of para-hydroxylation sites is 1. The molecule has 0 bridgehead atoms. The van der Waals surface area contributed by atoms with E-state index >= 15 is 0 Å². The number of hydrogen-bond donors (Lipinski definition) is 0. The Balaban J connectivity index is 1.28. The van der Waals surface area contributed by atoms with Crippen molar-refractivity contribution in [2.24, 2.45) is 0 Å². The minimum atomic E-state index is -1.93. The van der Waals surface area contributed by atoms with Crippen molar-refractivity contribution in [3.8, 4) is 16.9 Å². The van der Waals surface area contributed by atoms with Crippen molar-refractivity contribution in [2.45, 2.75) is 45.2 Å². The van der Waals surface area contributed by atoms with Crippen molar-refractivity contribution in [1.82, 2.24) is 9.55 Å². The molecular weight excluding hydrogens is 523 g/mol. The first-order valence-electron chi connectivity index (χ1n) is 15.5. The maximum Gasteiger partial charge on any atom is 0.241 e. The number of hydrogen-bond acceptors (Lipinski definition) is 1. The van der Waals surface area contributed by atoms with Gasteiger partial charge in [0.1, 0.15) is 8.07 Å². The van der Waals surface area contributed by atoms with Gasteiger partial charge in [-0.3, -0.25) is 4.98 Å². The normalized spacial score (nSPS) is 16.0. The highest BCUT2D eigenvalue weighted by Crippen LogP contribution is 2.35. The van der Waals surface area contributed by atoms with Crippen molar-refractivity contribution in [3.05, 3.63) is 126 Å². The Hall–Kier alpha value is -4.15. The van der Waals surface area contributed by atoms with Gasteiger partial charge in [-0.05, 0) is 84.7 Å². The minimum Gasteiger partial charge on any atom is -0.313 e. The Labute approximate surface area is 249 Å². The topological polar surface area (TPSA) is 17.8 Å². The molecule has 0 saturated heterocycles. The highest BCUT2D eigenvalue weighted by molar-refractivity contribution is 7.14. The number of pyridine rings is 1. The van der Waals surface area contributed by atoms with Crippen LogP contribution < -0.4 is 26.8 Å². The van der Waals surface area contributed by atoms with Gasteiger partial charge >= 0.3 is 0 Å². The molecule has 4 heterocycles. The number of benzene rings is 4. The van der Waals surface area contributed by atoms with Crippen molar-refractivity contribution in [1.29, 1.82) is 0 Å². The summed E-state index contributed by atoms with van der Waals surface area (Å²) in [6.07, 6.45) is 7.85. The molecule has 0 atom stereocenters. The van der Waals surface area contributed by atoms with Gasteiger partial charge < -0.3 is 4.57 Å². The van der Waals surface area contributed by atoms with Crippen LogP contribution in [0.15, 0.2) is 103 Å². The second kappa shape index (κ2) is 8.92. The van der Waals surface area contributed by atoms with Crippen LogP contribution in [0.1, 0.15) is 35.2 Å². The van der Waals surface area contributed by atoms with Gasteiger partial charge in [0.05, 0.1) is 11.2 Å². The van der Waals surface area contributed by atoms with E-state index in [9.17, 15) is 0 Å². The molecule has 0 fully saturated rings. The molecule has 0 spiro atoms. The molecule has 1 aliphatic carbocycles. The van der Waals surface area contributed by atoms with Crippen molar-refractivity contribution in [3.63, 3.8) is 0 Å². The number of aromatic nitrogens is 2. The molecule has 202 valence electrons. The molecule has 0 unspecified atom stereocenters. The van der Waals surface area contributed by atoms with E-state index in [0.29, 0.717) is 0 Å². The summed E-state index contributed by atoms with van der Waals surface area (Å²) in [6.45, 7) is 5.36. The van der Waals surface area contributed by atoms with E-state index in [1.165, 1.54) is 69.2 Å². The SMILES string of the molecule is C[Si]1(C)c2cc(-c3ccccn3)ccc2B2c3cc(-n4c5c(c6ccccc64)CCCC5)ccc3Cc3cccc1c32. The quantitative estimate of drug-likeness (QED) is 0.270. The number of fused-ring (bicyclic) bond motifs is 7. The number of rotatable bonds is 2. The van der Waals surface area contributed by atoms with Crippen LogP contribution in [0, 0.1) is 0 Å². The van der Waals surface area contributed by atoms with E-state index in [0.717, 1.165) is 18.5 Å². The van der Waals surface area contributed by atoms with E-state index in [1.54, 1.807) is 21.4 Å². The third-order valence-electron chi connectivity index (χ3n) is 10.4. The second-order valence-corrected chi connectivity index (χ2v) is 17.3. The summed E-state index contributed by atoms with van der Waals surface area (Å²) in [4.78, 5) is 4.70. The Morgan fingerprint density at radius 1 is 0.738 bits per heavy atom. The third-order valence-corrected chi connectivity index (χ3v) is 14.0. The van der Waals surface area contributed by atoms with Crippen LogP contribution in [0.2, 0.25) is 13.1 Å². The first-order valence-corrected chi connectivity index (χ1v) is 18.5. The Morgan fingerprint density at radius 3 is 2.52 bits per heavy atom. The molecule has 4 heteroatoms. The fraction of sp³-hybridized carbons (Fsp3) is 0.184. The maximum absolute atomic E-state index is 4.70. The molecule has 0 amide bonds. The lowest BCUT2D eigenvalue weighted by atomic mass is 9.33. The average molecular weight is 557 g/mol.